The van der Waals surface area contributed by atoms with Gasteiger partial charge in [-0.15, -0.1) is 5.92 Å². The molecule has 0 bridgehead atoms. The van der Waals surface area contributed by atoms with Gasteiger partial charge >= 0.3 is 5.97 Å². The lowest BCUT2D eigenvalue weighted by Gasteiger charge is -2.16. The number of carbonyl (C=O) groups is 1. The number of benzene rings is 1. The summed E-state index contributed by atoms with van der Waals surface area (Å²) in [5, 5.41) is 18.1. The number of aliphatic carboxylic acids is 1. The van der Waals surface area contributed by atoms with Gasteiger partial charge in [0.05, 0.1) is 24.0 Å². The van der Waals surface area contributed by atoms with Crippen LogP contribution in [0.4, 0.5) is 0 Å². The average Bonchev–Trinajstić information content (AvgIpc) is 2.67. The fourth-order valence-corrected chi connectivity index (χ4v) is 2.63. The number of rotatable bonds is 10. The number of nitriles is 1. The minimum absolute atomic E-state index is 0.0258. The molecule has 0 aliphatic carbocycles. The summed E-state index contributed by atoms with van der Waals surface area (Å²) >= 11 is 0. The van der Waals surface area contributed by atoms with Crippen molar-refractivity contribution in [2.24, 2.45) is 0 Å². The van der Waals surface area contributed by atoms with Crippen LogP contribution in [0, 0.1) is 23.2 Å². The van der Waals surface area contributed by atoms with Crippen LogP contribution in [0.5, 0.6) is 5.75 Å². The molecule has 28 heavy (non-hydrogen) atoms. The van der Waals surface area contributed by atoms with Crippen molar-refractivity contribution in [2.45, 2.75) is 52.1 Å². The van der Waals surface area contributed by atoms with E-state index in [4.69, 9.17) is 15.1 Å². The summed E-state index contributed by atoms with van der Waals surface area (Å²) in [6.07, 6.45) is 10.8. The van der Waals surface area contributed by atoms with Gasteiger partial charge < -0.3 is 9.84 Å². The first-order valence-electron chi connectivity index (χ1n) is 9.36. The summed E-state index contributed by atoms with van der Waals surface area (Å²) in [6, 6.07) is 9.53. The summed E-state index contributed by atoms with van der Waals surface area (Å²) < 4.78 is 6.04. The molecule has 0 amide bonds. The molecule has 0 fully saturated rings. The molecular formula is C24H27NO3. The first-order valence-corrected chi connectivity index (χ1v) is 9.36. The molecule has 0 saturated carbocycles. The molecule has 0 radical (unpaired) electrons. The zero-order valence-electron chi connectivity index (χ0n) is 16.7. The van der Waals surface area contributed by atoms with Crippen LogP contribution in [-0.4, -0.2) is 17.2 Å². The van der Waals surface area contributed by atoms with E-state index >= 15 is 0 Å². The molecule has 0 saturated heterocycles. The Morgan fingerprint density at radius 2 is 2.04 bits per heavy atom. The van der Waals surface area contributed by atoms with E-state index in [1.54, 1.807) is 19.1 Å². The summed E-state index contributed by atoms with van der Waals surface area (Å²) in [4.78, 5) is 11.0. The first kappa shape index (κ1) is 22.8. The van der Waals surface area contributed by atoms with Crippen LogP contribution in [0.25, 0.3) is 0 Å². The fourth-order valence-electron chi connectivity index (χ4n) is 2.63. The van der Waals surface area contributed by atoms with Crippen LogP contribution >= 0.6 is 0 Å². The number of carboxylic acid groups (broad SMARTS) is 1. The summed E-state index contributed by atoms with van der Waals surface area (Å²) in [5.74, 6) is 5.25. The highest BCUT2D eigenvalue weighted by Gasteiger charge is 2.13. The molecule has 1 aromatic rings. The maximum absolute atomic E-state index is 11.0. The standard InChI is InChI=1S/C24H27NO3/c1-4-8-19(18-25)11-7-12-22(10-6-3)28-23-15-13-20(14-16-23)21(9-5-2)17-24(26)27/h4,7-8,11-16,21-22H,6,10,17H2,1-3H3,(H,26,27)/b8-4-,12-7+,19-11+. The Kier molecular flexibility index (Phi) is 10.6. The van der Waals surface area contributed by atoms with Gasteiger partial charge in [-0.25, -0.2) is 0 Å². The van der Waals surface area contributed by atoms with Gasteiger partial charge in [-0.05, 0) is 56.2 Å². The van der Waals surface area contributed by atoms with Crippen molar-refractivity contribution in [3.63, 3.8) is 0 Å². The minimum atomic E-state index is -0.871. The zero-order valence-corrected chi connectivity index (χ0v) is 16.7. The fraction of sp³-hybridized carbons (Fsp3) is 0.333. The second-order valence-corrected chi connectivity index (χ2v) is 6.18. The Balaban J connectivity index is 2.89. The number of ether oxygens (including phenoxy) is 1. The predicted octanol–water partition coefficient (Wildman–Crippen LogP) is 5.40. The van der Waals surface area contributed by atoms with Gasteiger partial charge in [-0.1, -0.05) is 43.5 Å². The third-order valence-corrected chi connectivity index (χ3v) is 3.92. The number of nitrogens with zero attached hydrogens (tertiary/aromatic N) is 1. The Hall–Kier alpha value is -3.24. The van der Waals surface area contributed by atoms with Crippen LogP contribution in [0.15, 0.2) is 60.2 Å². The average molecular weight is 377 g/mol. The molecule has 4 heteroatoms. The van der Waals surface area contributed by atoms with Gasteiger partial charge in [0.25, 0.3) is 0 Å². The van der Waals surface area contributed by atoms with Crippen LogP contribution in [0.3, 0.4) is 0 Å². The van der Waals surface area contributed by atoms with E-state index in [1.165, 1.54) is 0 Å². The molecule has 1 N–H and O–H groups in total. The molecule has 146 valence electrons. The molecule has 0 aliphatic heterocycles. The van der Waals surface area contributed by atoms with Crippen molar-refractivity contribution >= 4 is 5.97 Å². The summed E-state index contributed by atoms with van der Waals surface area (Å²) in [6.45, 7) is 5.66. The monoisotopic (exact) mass is 377 g/mol. The molecule has 0 aromatic heterocycles. The highest BCUT2D eigenvalue weighted by molar-refractivity contribution is 5.69. The molecule has 2 atom stereocenters. The number of hydrogen-bond donors (Lipinski definition) is 1. The number of hydrogen-bond acceptors (Lipinski definition) is 3. The second-order valence-electron chi connectivity index (χ2n) is 6.18. The van der Waals surface area contributed by atoms with E-state index in [-0.39, 0.29) is 18.4 Å². The lowest BCUT2D eigenvalue weighted by atomic mass is 9.96. The summed E-state index contributed by atoms with van der Waals surface area (Å²) in [5.41, 5.74) is 1.44. The third kappa shape index (κ3) is 8.43. The normalized spacial score (nSPS) is 13.6. The van der Waals surface area contributed by atoms with E-state index < -0.39 is 5.97 Å². The smallest absolute Gasteiger partial charge is 0.304 e. The Morgan fingerprint density at radius 1 is 1.32 bits per heavy atom. The van der Waals surface area contributed by atoms with Crippen molar-refractivity contribution in [1.29, 1.82) is 5.26 Å². The maximum atomic E-state index is 11.0. The first-order chi connectivity index (χ1) is 13.5. The number of allylic oxidation sites excluding steroid dienone is 5. The van der Waals surface area contributed by atoms with Gasteiger partial charge in [-0.3, -0.25) is 4.79 Å². The van der Waals surface area contributed by atoms with Gasteiger partial charge in [0.1, 0.15) is 11.9 Å². The number of carboxylic acids is 1. The quantitative estimate of drug-likeness (QED) is 0.337. The van der Waals surface area contributed by atoms with Crippen LogP contribution < -0.4 is 4.74 Å². The Bertz CT molecular complexity index is 814. The molecule has 2 unspecified atom stereocenters. The van der Waals surface area contributed by atoms with Crippen LogP contribution in [0.1, 0.15) is 51.5 Å². The lowest BCUT2D eigenvalue weighted by molar-refractivity contribution is -0.137. The van der Waals surface area contributed by atoms with Crippen LogP contribution in [0.2, 0.25) is 0 Å². The van der Waals surface area contributed by atoms with Crippen molar-refractivity contribution in [1.82, 2.24) is 0 Å². The van der Waals surface area contributed by atoms with Gasteiger partial charge in [0.2, 0.25) is 0 Å². The Labute approximate surface area is 167 Å². The van der Waals surface area contributed by atoms with Crippen LogP contribution in [-0.2, 0) is 4.79 Å². The molecule has 4 nitrogen and oxygen atoms in total. The molecule has 0 spiro atoms. The van der Waals surface area contributed by atoms with E-state index in [1.807, 2.05) is 49.4 Å². The van der Waals surface area contributed by atoms with E-state index in [0.717, 1.165) is 18.4 Å². The molecule has 1 aromatic carbocycles. The Morgan fingerprint density at radius 3 is 2.57 bits per heavy atom. The minimum Gasteiger partial charge on any atom is -0.486 e. The third-order valence-electron chi connectivity index (χ3n) is 3.92. The summed E-state index contributed by atoms with van der Waals surface area (Å²) in [7, 11) is 0. The lowest BCUT2D eigenvalue weighted by Crippen LogP contribution is -2.13. The van der Waals surface area contributed by atoms with Gasteiger partial charge in [0.15, 0.2) is 0 Å². The van der Waals surface area contributed by atoms with Gasteiger partial charge in [-0.2, -0.15) is 5.26 Å². The highest BCUT2D eigenvalue weighted by atomic mass is 16.5. The van der Waals surface area contributed by atoms with Crippen molar-refractivity contribution in [2.75, 3.05) is 0 Å². The zero-order chi connectivity index (χ0) is 20.8. The molecular weight excluding hydrogens is 350 g/mol. The van der Waals surface area contributed by atoms with Gasteiger partial charge in [0, 0.05) is 0 Å². The SMILES string of the molecule is CC#CC(CC(=O)O)c1ccc(OC(/C=C/C=C(C#N)\C=C/C)CCC)cc1. The topological polar surface area (TPSA) is 70.3 Å². The highest BCUT2D eigenvalue weighted by Crippen LogP contribution is 2.23. The van der Waals surface area contributed by atoms with Crippen molar-refractivity contribution in [3.05, 3.63) is 65.8 Å². The largest absolute Gasteiger partial charge is 0.486 e. The van der Waals surface area contributed by atoms with E-state index in [9.17, 15) is 4.79 Å². The predicted molar refractivity (Wildman–Crippen MR) is 112 cm³/mol. The molecule has 0 heterocycles. The van der Waals surface area contributed by atoms with Crippen molar-refractivity contribution < 1.29 is 14.6 Å². The van der Waals surface area contributed by atoms with E-state index in [2.05, 4.69) is 24.8 Å². The van der Waals surface area contributed by atoms with E-state index in [0.29, 0.717) is 11.3 Å². The molecule has 0 aliphatic rings. The maximum Gasteiger partial charge on any atom is 0.304 e. The van der Waals surface area contributed by atoms with Crippen molar-refractivity contribution in [3.8, 4) is 23.7 Å². The second kappa shape index (κ2) is 13.0. The molecule has 1 rings (SSSR count).